The summed E-state index contributed by atoms with van der Waals surface area (Å²) in [7, 11) is 1.55. The van der Waals surface area contributed by atoms with Crippen LogP contribution in [0.25, 0.3) is 6.08 Å². The number of hydrogen-bond donors (Lipinski definition) is 1. The number of aromatic nitrogens is 1. The van der Waals surface area contributed by atoms with Gasteiger partial charge in [0.25, 0.3) is 0 Å². The number of carbonyl (C=O) groups excluding carboxylic acids is 2. The molecule has 0 aliphatic carbocycles. The summed E-state index contributed by atoms with van der Waals surface area (Å²) in [5, 5.41) is 2.90. The van der Waals surface area contributed by atoms with Gasteiger partial charge in [0.1, 0.15) is 0 Å². The first-order valence-corrected chi connectivity index (χ1v) is 8.40. The quantitative estimate of drug-likeness (QED) is 0.899. The van der Waals surface area contributed by atoms with Gasteiger partial charge in [-0.1, -0.05) is 24.3 Å². The molecule has 134 valence electrons. The van der Waals surface area contributed by atoms with Crippen molar-refractivity contribution in [1.82, 2.24) is 15.2 Å². The van der Waals surface area contributed by atoms with Crippen molar-refractivity contribution in [2.45, 2.75) is 25.9 Å². The molecule has 1 unspecified atom stereocenters. The Balaban J connectivity index is 1.70. The second kappa shape index (κ2) is 7.82. The minimum atomic E-state index is -0.305. The van der Waals surface area contributed by atoms with Crippen molar-refractivity contribution in [3.8, 4) is 5.88 Å². The maximum atomic E-state index is 12.5. The van der Waals surface area contributed by atoms with Gasteiger partial charge in [0.05, 0.1) is 19.6 Å². The van der Waals surface area contributed by atoms with Crippen LogP contribution < -0.4 is 10.1 Å². The topological polar surface area (TPSA) is 71.5 Å². The van der Waals surface area contributed by atoms with Crippen LogP contribution in [0, 0.1) is 0 Å². The van der Waals surface area contributed by atoms with Crippen molar-refractivity contribution in [2.24, 2.45) is 0 Å². The molecule has 0 saturated heterocycles. The first kappa shape index (κ1) is 17.7. The minimum absolute atomic E-state index is 0.0903. The Labute approximate surface area is 152 Å². The van der Waals surface area contributed by atoms with Crippen LogP contribution in [0.3, 0.4) is 0 Å². The summed E-state index contributed by atoms with van der Waals surface area (Å²) < 4.78 is 5.09. The molecule has 0 fully saturated rings. The zero-order valence-corrected chi connectivity index (χ0v) is 14.8. The number of hydrogen-bond acceptors (Lipinski definition) is 4. The molecule has 1 N–H and O–H groups in total. The predicted molar refractivity (Wildman–Crippen MR) is 98.0 cm³/mol. The average Bonchev–Trinajstić information content (AvgIpc) is 2.66. The molecule has 1 aromatic heterocycles. The highest BCUT2D eigenvalue weighted by Gasteiger charge is 2.27. The molecule has 0 radical (unpaired) electrons. The van der Waals surface area contributed by atoms with Gasteiger partial charge in [-0.25, -0.2) is 4.98 Å². The van der Waals surface area contributed by atoms with E-state index in [2.05, 4.69) is 10.3 Å². The van der Waals surface area contributed by atoms with Gasteiger partial charge in [-0.05, 0) is 28.8 Å². The summed E-state index contributed by atoms with van der Waals surface area (Å²) in [5.74, 6) is 0.292. The zero-order valence-electron chi connectivity index (χ0n) is 14.8. The summed E-state index contributed by atoms with van der Waals surface area (Å²) in [4.78, 5) is 30.1. The molecule has 3 rings (SSSR count). The molecule has 0 bridgehead atoms. The van der Waals surface area contributed by atoms with Crippen molar-refractivity contribution in [3.63, 3.8) is 0 Å². The lowest BCUT2D eigenvalue weighted by Crippen LogP contribution is -2.35. The van der Waals surface area contributed by atoms with Gasteiger partial charge < -0.3 is 15.0 Å². The van der Waals surface area contributed by atoms with Crippen LogP contribution in [-0.2, 0) is 16.1 Å². The number of nitrogens with one attached hydrogen (secondary N) is 1. The second-order valence-corrected chi connectivity index (χ2v) is 6.07. The minimum Gasteiger partial charge on any atom is -0.481 e. The standard InChI is InChI=1S/C20H21N3O3/c1-14(24)23-10-8-16-5-3-4-6-17(16)18(23)12-19(25)22-13-15-7-9-21-20(11-15)26-2/h3-11,18H,12-13H2,1-2H3,(H,22,25). The van der Waals surface area contributed by atoms with E-state index in [1.54, 1.807) is 30.5 Å². The van der Waals surface area contributed by atoms with E-state index in [0.717, 1.165) is 16.7 Å². The number of amides is 2. The molecule has 26 heavy (non-hydrogen) atoms. The van der Waals surface area contributed by atoms with Gasteiger partial charge in [0.2, 0.25) is 17.7 Å². The van der Waals surface area contributed by atoms with E-state index in [0.29, 0.717) is 12.4 Å². The lowest BCUT2D eigenvalue weighted by atomic mass is 9.93. The van der Waals surface area contributed by atoms with Crippen molar-refractivity contribution in [2.75, 3.05) is 7.11 Å². The number of pyridine rings is 1. The van der Waals surface area contributed by atoms with Crippen LogP contribution in [0.1, 0.15) is 36.1 Å². The number of nitrogens with zero attached hydrogens (tertiary/aromatic N) is 2. The summed E-state index contributed by atoms with van der Waals surface area (Å²) in [5.41, 5.74) is 2.91. The van der Waals surface area contributed by atoms with E-state index >= 15 is 0 Å². The normalized spacial score (nSPS) is 15.3. The summed E-state index contributed by atoms with van der Waals surface area (Å²) in [6, 6.07) is 11.1. The van der Waals surface area contributed by atoms with Crippen molar-refractivity contribution in [3.05, 3.63) is 65.5 Å². The Morgan fingerprint density at radius 1 is 1.27 bits per heavy atom. The van der Waals surface area contributed by atoms with Crippen molar-refractivity contribution >= 4 is 17.9 Å². The molecule has 1 aliphatic rings. The van der Waals surface area contributed by atoms with Crippen molar-refractivity contribution in [1.29, 1.82) is 0 Å². The van der Waals surface area contributed by atoms with Crippen LogP contribution in [-0.4, -0.2) is 28.8 Å². The van der Waals surface area contributed by atoms with Crippen molar-refractivity contribution < 1.29 is 14.3 Å². The highest BCUT2D eigenvalue weighted by atomic mass is 16.5. The van der Waals surface area contributed by atoms with E-state index in [1.807, 2.05) is 36.4 Å². The van der Waals surface area contributed by atoms with Gasteiger partial charge in [0.15, 0.2) is 0 Å². The molecule has 6 nitrogen and oxygen atoms in total. The number of rotatable bonds is 5. The fourth-order valence-electron chi connectivity index (χ4n) is 3.03. The van der Waals surface area contributed by atoms with E-state index in [-0.39, 0.29) is 24.3 Å². The Morgan fingerprint density at radius 3 is 2.85 bits per heavy atom. The van der Waals surface area contributed by atoms with E-state index in [1.165, 1.54) is 6.92 Å². The van der Waals surface area contributed by atoms with Crippen LogP contribution in [0.15, 0.2) is 48.8 Å². The maximum Gasteiger partial charge on any atom is 0.223 e. The highest BCUT2D eigenvalue weighted by molar-refractivity contribution is 5.81. The monoisotopic (exact) mass is 351 g/mol. The Hall–Kier alpha value is -3.15. The van der Waals surface area contributed by atoms with E-state index < -0.39 is 0 Å². The number of benzene rings is 1. The number of carbonyl (C=O) groups is 2. The molecule has 1 aliphatic heterocycles. The van der Waals surface area contributed by atoms with Crippen LogP contribution >= 0.6 is 0 Å². The Bertz CT molecular complexity index is 848. The molecule has 1 aromatic carbocycles. The molecule has 1 atom stereocenters. The summed E-state index contributed by atoms with van der Waals surface area (Å²) >= 11 is 0. The second-order valence-electron chi connectivity index (χ2n) is 6.07. The number of ether oxygens (including phenoxy) is 1. The predicted octanol–water partition coefficient (Wildman–Crippen LogP) is 2.67. The highest BCUT2D eigenvalue weighted by Crippen LogP contribution is 2.32. The third-order valence-electron chi connectivity index (χ3n) is 4.35. The Kier molecular flexibility index (Phi) is 5.31. The third-order valence-corrected chi connectivity index (χ3v) is 4.35. The third kappa shape index (κ3) is 3.91. The summed E-state index contributed by atoms with van der Waals surface area (Å²) in [6.45, 7) is 1.88. The van der Waals surface area contributed by atoms with Crippen LogP contribution in [0.5, 0.6) is 5.88 Å². The molecule has 2 amide bonds. The number of methoxy groups -OCH3 is 1. The SMILES string of the molecule is COc1cc(CNC(=O)CC2c3ccccc3C=CN2C(C)=O)ccn1. The first-order valence-electron chi connectivity index (χ1n) is 8.40. The lowest BCUT2D eigenvalue weighted by molar-refractivity contribution is -0.130. The fourth-order valence-corrected chi connectivity index (χ4v) is 3.03. The lowest BCUT2D eigenvalue weighted by Gasteiger charge is -2.32. The van der Waals surface area contributed by atoms with Gasteiger partial charge in [-0.15, -0.1) is 0 Å². The van der Waals surface area contributed by atoms with E-state index in [4.69, 9.17) is 4.74 Å². The van der Waals surface area contributed by atoms with Gasteiger partial charge >= 0.3 is 0 Å². The smallest absolute Gasteiger partial charge is 0.223 e. The van der Waals surface area contributed by atoms with Gasteiger partial charge in [-0.3, -0.25) is 9.59 Å². The molecule has 6 heteroatoms. The van der Waals surface area contributed by atoms with Crippen LogP contribution in [0.2, 0.25) is 0 Å². The first-order chi connectivity index (χ1) is 12.6. The maximum absolute atomic E-state index is 12.5. The fraction of sp³-hybridized carbons (Fsp3) is 0.250. The number of fused-ring (bicyclic) bond motifs is 1. The van der Waals surface area contributed by atoms with Gasteiger partial charge in [0, 0.05) is 31.9 Å². The van der Waals surface area contributed by atoms with Gasteiger partial charge in [-0.2, -0.15) is 0 Å². The molecular formula is C20H21N3O3. The molecule has 2 aromatic rings. The average molecular weight is 351 g/mol. The van der Waals surface area contributed by atoms with E-state index in [9.17, 15) is 9.59 Å². The van der Waals surface area contributed by atoms with Crippen LogP contribution in [0.4, 0.5) is 0 Å². The molecule has 0 spiro atoms. The molecule has 2 heterocycles. The Morgan fingerprint density at radius 2 is 2.08 bits per heavy atom. The largest absolute Gasteiger partial charge is 0.481 e. The summed E-state index contributed by atoms with van der Waals surface area (Å²) in [6.07, 6.45) is 5.48. The molecular weight excluding hydrogens is 330 g/mol. The molecule has 0 saturated carbocycles. The zero-order chi connectivity index (χ0) is 18.5.